The van der Waals surface area contributed by atoms with Crippen molar-refractivity contribution in [3.8, 4) is 0 Å². The Labute approximate surface area is 392 Å². The van der Waals surface area contributed by atoms with Crippen molar-refractivity contribution < 1.29 is 23.7 Å². The molecular formula is C57H107NO5. The van der Waals surface area contributed by atoms with E-state index in [0.29, 0.717) is 17.4 Å². The van der Waals surface area contributed by atoms with Gasteiger partial charge in [0.05, 0.1) is 25.9 Å². The van der Waals surface area contributed by atoms with Gasteiger partial charge in [0.25, 0.3) is 0 Å². The summed E-state index contributed by atoms with van der Waals surface area (Å²) in [6.07, 6.45) is 43.4. The van der Waals surface area contributed by atoms with Crippen molar-refractivity contribution in [1.82, 2.24) is 4.90 Å². The Hall–Kier alpha value is -0.760. The van der Waals surface area contributed by atoms with Crippen molar-refractivity contribution in [3.05, 3.63) is 24.3 Å². The third-order valence-corrected chi connectivity index (χ3v) is 16.2. The van der Waals surface area contributed by atoms with Crippen molar-refractivity contribution in [2.45, 2.75) is 222 Å². The van der Waals surface area contributed by atoms with Crippen LogP contribution in [-0.4, -0.2) is 90.1 Å². The van der Waals surface area contributed by atoms with E-state index in [4.69, 9.17) is 23.7 Å². The van der Waals surface area contributed by atoms with E-state index in [1.54, 1.807) is 0 Å². The van der Waals surface area contributed by atoms with Gasteiger partial charge in [-0.05, 0) is 137 Å². The number of rotatable bonds is 40. The summed E-state index contributed by atoms with van der Waals surface area (Å²) in [7, 11) is 0. The van der Waals surface area contributed by atoms with Crippen LogP contribution in [-0.2, 0) is 23.7 Å². The number of morpholine rings is 1. The maximum absolute atomic E-state index is 6.38. The third kappa shape index (κ3) is 23.2. The van der Waals surface area contributed by atoms with Gasteiger partial charge in [-0.15, -0.1) is 0 Å². The number of hydrogen-bond donors (Lipinski definition) is 0. The maximum atomic E-state index is 6.38. The van der Waals surface area contributed by atoms with Crippen LogP contribution in [0.25, 0.3) is 0 Å². The zero-order chi connectivity index (χ0) is 45.3. The second-order valence-corrected chi connectivity index (χ2v) is 21.4. The largest absolute Gasteiger partial charge is 0.381 e. The van der Waals surface area contributed by atoms with Crippen LogP contribution >= 0.6 is 0 Å². The van der Waals surface area contributed by atoms with Gasteiger partial charge in [0, 0.05) is 59.3 Å². The highest BCUT2D eigenvalue weighted by atomic mass is 16.5. The molecule has 0 bridgehead atoms. The molecule has 3 aliphatic rings. The fraction of sp³-hybridized carbons (Fsp3) is 0.930. The first-order valence-electron chi connectivity index (χ1n) is 27.7. The van der Waals surface area contributed by atoms with Crippen molar-refractivity contribution in [1.29, 1.82) is 0 Å². The Morgan fingerprint density at radius 3 is 2.03 bits per heavy atom. The molecule has 0 radical (unpaired) electrons. The molecule has 370 valence electrons. The highest BCUT2D eigenvalue weighted by molar-refractivity contribution is 5.04. The summed E-state index contributed by atoms with van der Waals surface area (Å²) in [4.78, 5) is 2.46. The van der Waals surface area contributed by atoms with Gasteiger partial charge in [-0.25, -0.2) is 0 Å². The first kappa shape index (κ1) is 56.6. The number of allylic oxidation sites excluding steroid dienone is 4. The molecule has 1 aliphatic heterocycles. The Kier molecular flexibility index (Phi) is 31.8. The Morgan fingerprint density at radius 2 is 1.35 bits per heavy atom. The van der Waals surface area contributed by atoms with Crippen LogP contribution in [0.1, 0.15) is 215 Å². The summed E-state index contributed by atoms with van der Waals surface area (Å²) in [6.45, 7) is 27.3. The SMILES string of the molecule is CCCCCC=CCC=CCCCCCCCCOCC(CN1CCOCC1)OCCCOCCCOCCC[C@@](C)(CC)[C@H]1CC[C@]2(C)[C@@H](CCCCC(C)C)CC[C@H]2[C@@H]1CC. The molecule has 1 heterocycles. The van der Waals surface area contributed by atoms with Crippen LogP contribution in [0.15, 0.2) is 24.3 Å². The summed E-state index contributed by atoms with van der Waals surface area (Å²) in [5.74, 6) is 4.53. The predicted octanol–water partition coefficient (Wildman–Crippen LogP) is 15.2. The molecule has 0 N–H and O–H groups in total. The molecule has 2 saturated carbocycles. The van der Waals surface area contributed by atoms with Crippen molar-refractivity contribution in [2.24, 2.45) is 40.4 Å². The molecule has 0 aromatic carbocycles. The number of hydrogen-bond acceptors (Lipinski definition) is 6. The molecule has 3 rings (SSSR count). The van der Waals surface area contributed by atoms with E-state index >= 15 is 0 Å². The van der Waals surface area contributed by atoms with Gasteiger partial charge in [0.15, 0.2) is 0 Å². The van der Waals surface area contributed by atoms with E-state index in [9.17, 15) is 0 Å². The van der Waals surface area contributed by atoms with Crippen LogP contribution in [0.4, 0.5) is 0 Å². The summed E-state index contributed by atoms with van der Waals surface area (Å²) >= 11 is 0. The molecule has 0 amide bonds. The van der Waals surface area contributed by atoms with Gasteiger partial charge >= 0.3 is 0 Å². The standard InChI is InChI=1S/C57H107NO5/c1-8-11-12-13-14-15-16-17-18-19-20-21-22-23-24-27-40-62-49-52(48-58-38-46-61-47-39-58)63-45-30-44-60-43-29-42-59-41-28-36-56(6,10-3)54-35-37-57(7)51(32-26-25-31-50(4)5)33-34-55(57)53(54)9-2/h14-15,17-18,50-55H,8-13,16,19-49H2,1-7H3/t51-,52?,53+,54-,55-,56+,57+/m0/s1. The minimum absolute atomic E-state index is 0.103. The van der Waals surface area contributed by atoms with E-state index in [0.717, 1.165) is 128 Å². The second kappa shape index (κ2) is 35.4. The van der Waals surface area contributed by atoms with Crippen molar-refractivity contribution in [3.63, 3.8) is 0 Å². The molecular weight excluding hydrogens is 779 g/mol. The summed E-state index contributed by atoms with van der Waals surface area (Å²) in [5, 5.41) is 0. The number of nitrogens with zero attached hydrogens (tertiary/aromatic N) is 1. The van der Waals surface area contributed by atoms with Gasteiger partial charge in [0.1, 0.15) is 0 Å². The monoisotopic (exact) mass is 886 g/mol. The van der Waals surface area contributed by atoms with Crippen LogP contribution in [0.2, 0.25) is 0 Å². The van der Waals surface area contributed by atoms with E-state index in [-0.39, 0.29) is 6.10 Å². The lowest BCUT2D eigenvalue weighted by Crippen LogP contribution is -2.46. The Balaban J connectivity index is 1.20. The molecule has 6 nitrogen and oxygen atoms in total. The van der Waals surface area contributed by atoms with Gasteiger partial charge in [-0.3, -0.25) is 4.90 Å². The van der Waals surface area contributed by atoms with Crippen molar-refractivity contribution in [2.75, 3.05) is 79.1 Å². The lowest BCUT2D eigenvalue weighted by Gasteiger charge is -2.54. The van der Waals surface area contributed by atoms with Crippen LogP contribution in [0, 0.1) is 40.4 Å². The van der Waals surface area contributed by atoms with Crippen LogP contribution < -0.4 is 0 Å². The lowest BCUT2D eigenvalue weighted by molar-refractivity contribution is -0.0531. The molecule has 7 atom stereocenters. The average Bonchev–Trinajstić information content (AvgIpc) is 3.62. The van der Waals surface area contributed by atoms with Gasteiger partial charge < -0.3 is 23.7 Å². The van der Waals surface area contributed by atoms with E-state index < -0.39 is 0 Å². The number of ether oxygens (including phenoxy) is 5. The van der Waals surface area contributed by atoms with E-state index in [1.165, 1.54) is 141 Å². The zero-order valence-corrected chi connectivity index (χ0v) is 43.1. The van der Waals surface area contributed by atoms with Crippen LogP contribution in [0.5, 0.6) is 0 Å². The molecule has 1 unspecified atom stereocenters. The first-order chi connectivity index (χ1) is 30.8. The van der Waals surface area contributed by atoms with Gasteiger partial charge in [0.2, 0.25) is 0 Å². The van der Waals surface area contributed by atoms with E-state index in [1.807, 2.05) is 0 Å². The summed E-state index contributed by atoms with van der Waals surface area (Å²) in [6, 6.07) is 0. The number of fused-ring (bicyclic) bond motifs is 1. The third-order valence-electron chi connectivity index (χ3n) is 16.2. The number of unbranched alkanes of at least 4 members (excludes halogenated alkanes) is 10. The highest BCUT2D eigenvalue weighted by Gasteiger charge is 2.55. The minimum Gasteiger partial charge on any atom is -0.381 e. The van der Waals surface area contributed by atoms with Gasteiger partial charge in [-0.1, -0.05) is 143 Å². The quantitative estimate of drug-likeness (QED) is 0.0451. The highest BCUT2D eigenvalue weighted by Crippen LogP contribution is 2.64. The molecule has 63 heavy (non-hydrogen) atoms. The molecule has 3 fully saturated rings. The molecule has 0 aromatic rings. The smallest absolute Gasteiger partial charge is 0.0934 e. The molecule has 0 aromatic heterocycles. The topological polar surface area (TPSA) is 49.4 Å². The van der Waals surface area contributed by atoms with Crippen molar-refractivity contribution >= 4 is 0 Å². The minimum atomic E-state index is 0.103. The molecule has 2 aliphatic carbocycles. The fourth-order valence-corrected chi connectivity index (χ4v) is 12.0. The molecule has 1 saturated heterocycles. The second-order valence-electron chi connectivity index (χ2n) is 21.4. The maximum Gasteiger partial charge on any atom is 0.0934 e. The predicted molar refractivity (Wildman–Crippen MR) is 270 cm³/mol. The average molecular weight is 886 g/mol. The van der Waals surface area contributed by atoms with E-state index in [2.05, 4.69) is 77.7 Å². The summed E-state index contributed by atoms with van der Waals surface area (Å²) < 4.78 is 30.3. The summed E-state index contributed by atoms with van der Waals surface area (Å²) in [5.41, 5.74) is 1.02. The normalized spacial score (nSPS) is 24.8. The first-order valence-corrected chi connectivity index (χ1v) is 27.7. The Morgan fingerprint density at radius 1 is 0.698 bits per heavy atom. The molecule has 6 heteroatoms. The van der Waals surface area contributed by atoms with Crippen LogP contribution in [0.3, 0.4) is 0 Å². The lowest BCUT2D eigenvalue weighted by atomic mass is 9.51. The molecule has 0 spiro atoms. The Bertz CT molecular complexity index is 1120. The fourth-order valence-electron chi connectivity index (χ4n) is 12.0. The van der Waals surface area contributed by atoms with Gasteiger partial charge in [-0.2, -0.15) is 0 Å². The zero-order valence-electron chi connectivity index (χ0n) is 43.1.